The molecule has 0 fully saturated rings. The zero-order chi connectivity index (χ0) is 19.0. The number of para-hydroxylation sites is 2. The van der Waals surface area contributed by atoms with Crippen LogP contribution in [0.5, 0.6) is 0 Å². The van der Waals surface area contributed by atoms with Crippen LogP contribution in [0.3, 0.4) is 0 Å². The van der Waals surface area contributed by atoms with Gasteiger partial charge >= 0.3 is 0 Å². The summed E-state index contributed by atoms with van der Waals surface area (Å²) in [6.07, 6.45) is 12.4. The van der Waals surface area contributed by atoms with Gasteiger partial charge in [0.05, 0.1) is 11.0 Å². The first-order valence-electron chi connectivity index (χ1n) is 9.27. The van der Waals surface area contributed by atoms with Crippen molar-refractivity contribution in [2.24, 2.45) is 0 Å². The minimum Gasteiger partial charge on any atom is -0.262 e. The van der Waals surface area contributed by atoms with E-state index in [1.165, 1.54) is 34.7 Å². The van der Waals surface area contributed by atoms with E-state index in [0.29, 0.717) is 0 Å². The molecule has 0 amide bonds. The fraction of sp³-hybridized carbons (Fsp3) is 0.0833. The second-order valence-corrected chi connectivity index (χ2v) is 6.37. The lowest BCUT2D eigenvalue weighted by Gasteiger charge is -1.99. The number of hydrogen-bond acceptors (Lipinski definition) is 4. The topological polar surface area (TPSA) is 51.6 Å². The van der Waals surface area contributed by atoms with Gasteiger partial charge in [-0.05, 0) is 46.9 Å². The number of aryl methyl sites for hydroxylation is 2. The first-order valence-corrected chi connectivity index (χ1v) is 9.27. The van der Waals surface area contributed by atoms with Crippen molar-refractivity contribution >= 4 is 21.8 Å². The second kappa shape index (κ2) is 8.82. The third-order valence-corrected chi connectivity index (χ3v) is 4.59. The summed E-state index contributed by atoms with van der Waals surface area (Å²) in [6.45, 7) is 0. The molecule has 0 bridgehead atoms. The van der Waals surface area contributed by atoms with Crippen molar-refractivity contribution in [1.29, 1.82) is 0 Å². The lowest BCUT2D eigenvalue weighted by molar-refractivity contribution is 1.02. The van der Waals surface area contributed by atoms with E-state index in [0.717, 1.165) is 11.0 Å². The van der Waals surface area contributed by atoms with Gasteiger partial charge in [-0.3, -0.25) is 19.9 Å². The van der Waals surface area contributed by atoms with E-state index in [9.17, 15) is 0 Å². The van der Waals surface area contributed by atoms with Crippen LogP contribution in [0.4, 0.5) is 0 Å². The highest BCUT2D eigenvalue weighted by molar-refractivity contribution is 5.90. The molecule has 4 heteroatoms. The fourth-order valence-corrected chi connectivity index (χ4v) is 3.35. The molecule has 1 aliphatic rings. The van der Waals surface area contributed by atoms with Crippen molar-refractivity contribution in [2.45, 2.75) is 12.8 Å². The summed E-state index contributed by atoms with van der Waals surface area (Å²) in [4.78, 5) is 15.7. The summed E-state index contributed by atoms with van der Waals surface area (Å²) in [5, 5.41) is 2.92. The average molecular weight is 364 g/mol. The zero-order valence-electron chi connectivity index (χ0n) is 15.4. The van der Waals surface area contributed by atoms with Gasteiger partial charge < -0.3 is 0 Å². The van der Waals surface area contributed by atoms with Crippen LogP contribution in [0, 0.1) is 0 Å². The molecule has 0 saturated carbocycles. The lowest BCUT2D eigenvalue weighted by atomic mass is 10.1. The molecule has 2 heterocycles. The molecule has 136 valence electrons. The summed E-state index contributed by atoms with van der Waals surface area (Å²) in [5.41, 5.74) is 4.96. The molecule has 0 radical (unpaired) electrons. The molecule has 0 aliphatic heterocycles. The molecule has 3 aromatic carbocycles. The molecule has 1 aliphatic carbocycles. The largest absolute Gasteiger partial charge is 0.262 e. The average Bonchev–Trinajstić information content (AvgIpc) is 3.21. The van der Waals surface area contributed by atoms with Gasteiger partial charge in [-0.15, -0.1) is 0 Å². The monoisotopic (exact) mass is 364 g/mol. The summed E-state index contributed by atoms with van der Waals surface area (Å²) < 4.78 is 0. The smallest absolute Gasteiger partial charge is 0.0886 e. The predicted octanol–water partition coefficient (Wildman–Crippen LogP) is 5.04. The van der Waals surface area contributed by atoms with Crippen molar-refractivity contribution in [3.05, 3.63) is 109 Å². The highest BCUT2D eigenvalue weighted by Crippen LogP contribution is 2.29. The van der Waals surface area contributed by atoms with Gasteiger partial charge in [-0.25, -0.2) is 0 Å². The van der Waals surface area contributed by atoms with Gasteiger partial charge in [-0.2, -0.15) is 0 Å². The summed E-state index contributed by atoms with van der Waals surface area (Å²) in [6, 6.07) is 21.0. The molecule has 6 rings (SSSR count). The van der Waals surface area contributed by atoms with Gasteiger partial charge in [0, 0.05) is 37.2 Å². The minimum absolute atomic E-state index is 0.949. The Balaban J connectivity index is 0.000000109. The Morgan fingerprint density at radius 1 is 0.500 bits per heavy atom. The molecule has 4 nitrogen and oxygen atoms in total. The zero-order valence-corrected chi connectivity index (χ0v) is 15.4. The number of nitrogens with zero attached hydrogens (tertiary/aromatic N) is 4. The number of benzene rings is 3. The first kappa shape index (κ1) is 17.7. The van der Waals surface area contributed by atoms with Crippen molar-refractivity contribution < 1.29 is 0 Å². The predicted molar refractivity (Wildman–Crippen MR) is 113 cm³/mol. The van der Waals surface area contributed by atoms with Crippen LogP contribution in [-0.4, -0.2) is 19.9 Å². The number of hydrogen-bond donors (Lipinski definition) is 0. The molecular weight excluding hydrogens is 344 g/mol. The fourth-order valence-electron chi connectivity index (χ4n) is 3.35. The maximum atomic E-state index is 4.12. The highest BCUT2D eigenvalue weighted by Gasteiger charge is 2.11. The quantitative estimate of drug-likeness (QED) is 0.386. The molecular formula is C24H20N4. The molecule has 28 heavy (non-hydrogen) atoms. The standard InChI is InChI=1S/C12H10.C8H6N2.C4H4N2/c1-3-9-4-2-6-11-8-7-10(5-1)12(9)11;1-2-4-8-7(3-1)9-5-6-10-8;1-2-6-4-3-5-1/h1-6H,7-8H2;1-6H;1-4H. The van der Waals surface area contributed by atoms with E-state index < -0.39 is 0 Å². The minimum atomic E-state index is 0.949. The Hall–Kier alpha value is -3.66. The third kappa shape index (κ3) is 4.18. The van der Waals surface area contributed by atoms with Gasteiger partial charge in [-0.1, -0.05) is 48.5 Å². The maximum Gasteiger partial charge on any atom is 0.0886 e. The van der Waals surface area contributed by atoms with Crippen LogP contribution in [0.15, 0.2) is 97.8 Å². The molecule has 0 N–H and O–H groups in total. The van der Waals surface area contributed by atoms with Gasteiger partial charge in [0.2, 0.25) is 0 Å². The molecule has 0 unspecified atom stereocenters. The molecule has 5 aromatic rings. The van der Waals surface area contributed by atoms with Crippen LogP contribution < -0.4 is 0 Å². The second-order valence-electron chi connectivity index (χ2n) is 6.37. The van der Waals surface area contributed by atoms with Crippen LogP contribution in [0.25, 0.3) is 21.8 Å². The SMILES string of the molecule is c1cc2c3c(cccc3c1)CC2.c1ccc2nccnc2c1.c1cnccn1. The molecule has 2 aromatic heterocycles. The van der Waals surface area contributed by atoms with Crippen LogP contribution in [0.1, 0.15) is 11.1 Å². The van der Waals surface area contributed by atoms with Crippen LogP contribution >= 0.6 is 0 Å². The molecule has 0 atom stereocenters. The van der Waals surface area contributed by atoms with Gasteiger partial charge in [0.15, 0.2) is 0 Å². The van der Waals surface area contributed by atoms with E-state index in [2.05, 4.69) is 56.3 Å². The Morgan fingerprint density at radius 3 is 1.46 bits per heavy atom. The van der Waals surface area contributed by atoms with Crippen molar-refractivity contribution in [3.8, 4) is 0 Å². The van der Waals surface area contributed by atoms with E-state index in [1.54, 1.807) is 37.2 Å². The Labute approximate surface area is 164 Å². The third-order valence-electron chi connectivity index (χ3n) is 4.59. The van der Waals surface area contributed by atoms with E-state index in [-0.39, 0.29) is 0 Å². The summed E-state index contributed by atoms with van der Waals surface area (Å²) >= 11 is 0. The maximum absolute atomic E-state index is 4.12. The van der Waals surface area contributed by atoms with Gasteiger partial charge in [0.1, 0.15) is 0 Å². The van der Waals surface area contributed by atoms with Crippen LogP contribution in [-0.2, 0) is 12.8 Å². The molecule has 0 spiro atoms. The summed E-state index contributed by atoms with van der Waals surface area (Å²) in [5.74, 6) is 0. The first-order chi connectivity index (χ1) is 13.9. The number of rotatable bonds is 0. The Bertz CT molecular complexity index is 1040. The lowest BCUT2D eigenvalue weighted by Crippen LogP contribution is -1.78. The number of aromatic nitrogens is 4. The van der Waals surface area contributed by atoms with Crippen molar-refractivity contribution in [2.75, 3.05) is 0 Å². The molecule has 0 saturated heterocycles. The van der Waals surface area contributed by atoms with E-state index >= 15 is 0 Å². The van der Waals surface area contributed by atoms with Crippen LogP contribution in [0.2, 0.25) is 0 Å². The normalized spacial score (nSPS) is 11.3. The summed E-state index contributed by atoms with van der Waals surface area (Å²) in [7, 11) is 0. The highest BCUT2D eigenvalue weighted by atomic mass is 14.8. The van der Waals surface area contributed by atoms with Crippen molar-refractivity contribution in [1.82, 2.24) is 19.9 Å². The van der Waals surface area contributed by atoms with Gasteiger partial charge in [0.25, 0.3) is 0 Å². The Morgan fingerprint density at radius 2 is 1.00 bits per heavy atom. The number of fused-ring (bicyclic) bond motifs is 1. The van der Waals surface area contributed by atoms with E-state index in [4.69, 9.17) is 0 Å². The van der Waals surface area contributed by atoms with Crippen molar-refractivity contribution in [3.63, 3.8) is 0 Å². The Kier molecular flexibility index (Phi) is 5.59. The van der Waals surface area contributed by atoms with E-state index in [1.807, 2.05) is 24.3 Å².